The van der Waals surface area contributed by atoms with Gasteiger partial charge in [0.2, 0.25) is 22.2 Å². The van der Waals surface area contributed by atoms with E-state index in [9.17, 15) is 27.9 Å². The molecular weight excluding hydrogens is 680 g/mol. The van der Waals surface area contributed by atoms with Crippen LogP contribution in [-0.2, 0) is 33.8 Å². The molecule has 0 bridgehead atoms. The molecule has 5 N–H and O–H groups in total. The molecule has 3 aromatic carbocycles. The van der Waals surface area contributed by atoms with E-state index in [0.717, 1.165) is 9.87 Å². The van der Waals surface area contributed by atoms with E-state index in [-0.39, 0.29) is 55.1 Å². The Hall–Kier alpha value is -4.96. The zero-order valence-electron chi connectivity index (χ0n) is 28.6. The van der Waals surface area contributed by atoms with Gasteiger partial charge in [0, 0.05) is 38.4 Å². The van der Waals surface area contributed by atoms with Gasteiger partial charge in [-0.05, 0) is 73.0 Å². The van der Waals surface area contributed by atoms with Crippen molar-refractivity contribution in [3.8, 4) is 5.75 Å². The number of nitrogen functional groups attached to an aromatic ring is 1. The molecule has 0 fully saturated rings. The summed E-state index contributed by atoms with van der Waals surface area (Å²) in [5, 5.41) is 15.2. The van der Waals surface area contributed by atoms with Crippen molar-refractivity contribution in [2.45, 2.75) is 42.8 Å². The van der Waals surface area contributed by atoms with Crippen LogP contribution in [0.2, 0.25) is 0 Å². The molecule has 51 heavy (non-hydrogen) atoms. The van der Waals surface area contributed by atoms with E-state index in [1.807, 2.05) is 0 Å². The van der Waals surface area contributed by atoms with Crippen molar-refractivity contribution in [1.82, 2.24) is 9.62 Å². The van der Waals surface area contributed by atoms with Crippen molar-refractivity contribution in [1.29, 1.82) is 0 Å². The number of carbonyl (C=O) groups excluding carboxylic acids is 3. The van der Waals surface area contributed by atoms with E-state index in [0.29, 0.717) is 42.0 Å². The van der Waals surface area contributed by atoms with Gasteiger partial charge in [-0.25, -0.2) is 13.2 Å². The Balaban J connectivity index is 1.38. The van der Waals surface area contributed by atoms with Gasteiger partial charge in [0.05, 0.1) is 49.3 Å². The van der Waals surface area contributed by atoms with Crippen LogP contribution in [0.3, 0.4) is 0 Å². The summed E-state index contributed by atoms with van der Waals surface area (Å²) in [6.45, 7) is -0.474. The second-order valence-electron chi connectivity index (χ2n) is 11.6. The number of nitrogens with two attached hydrogens (primary N) is 1. The van der Waals surface area contributed by atoms with Crippen molar-refractivity contribution < 1.29 is 46.9 Å². The highest BCUT2D eigenvalue weighted by molar-refractivity contribution is 7.89. The Morgan fingerprint density at radius 1 is 0.980 bits per heavy atom. The van der Waals surface area contributed by atoms with Gasteiger partial charge in [-0.3, -0.25) is 9.59 Å². The van der Waals surface area contributed by atoms with Gasteiger partial charge in [0.1, 0.15) is 5.75 Å². The van der Waals surface area contributed by atoms with Crippen LogP contribution < -0.4 is 21.1 Å². The standard InChI is InChI=1S/C36H44N4O10S/c1-47-28-14-16-29(17-15-28)51(45,46)40(19-21-41)20-22-49-34-24-27(25-10-12-26(13-11-25)36(44)48-2)23-32(50-34)35(43)38-18-6-5-9-33(42)39-31-8-4-3-7-30(31)37/h3-4,7-8,10-17,23,27,34,41H,5-6,9,18-22,24,37H2,1-2H3,(H,38,43)(H,39,42)/t27-,34+/m0/s1. The topological polar surface area (TPSA) is 196 Å². The molecule has 0 radical (unpaired) electrons. The quantitative estimate of drug-likeness (QED) is 0.0853. The van der Waals surface area contributed by atoms with Gasteiger partial charge in [-0.1, -0.05) is 24.3 Å². The van der Waals surface area contributed by atoms with Crippen LogP contribution in [0.15, 0.2) is 89.5 Å². The van der Waals surface area contributed by atoms with Crippen LogP contribution in [0, 0.1) is 0 Å². The number of aliphatic hydroxyl groups excluding tert-OH is 1. The summed E-state index contributed by atoms with van der Waals surface area (Å²) in [5.74, 6) is -0.979. The van der Waals surface area contributed by atoms with Crippen LogP contribution >= 0.6 is 0 Å². The highest BCUT2D eigenvalue weighted by Gasteiger charge is 2.30. The molecule has 0 unspecified atom stereocenters. The fraction of sp³-hybridized carbons (Fsp3) is 0.361. The molecule has 0 saturated heterocycles. The first-order valence-corrected chi connectivity index (χ1v) is 17.9. The number of allylic oxidation sites excluding steroid dienone is 1. The molecule has 0 spiro atoms. The van der Waals surface area contributed by atoms with Crippen molar-refractivity contribution in [2.75, 3.05) is 58.1 Å². The average molecular weight is 725 g/mol. The molecule has 14 nitrogen and oxygen atoms in total. The lowest BCUT2D eigenvalue weighted by Gasteiger charge is -2.30. The van der Waals surface area contributed by atoms with Gasteiger partial charge in [-0.2, -0.15) is 4.31 Å². The SMILES string of the molecule is COC(=O)c1ccc([C@H]2C=C(C(=O)NCCCCC(=O)Nc3ccccc3N)O[C@@H](OCCN(CCO)S(=O)(=O)c3ccc(OC)cc3)C2)cc1. The Morgan fingerprint density at radius 3 is 2.37 bits per heavy atom. The molecule has 4 rings (SSSR count). The number of rotatable bonds is 18. The highest BCUT2D eigenvalue weighted by Crippen LogP contribution is 2.32. The molecule has 1 heterocycles. The fourth-order valence-corrected chi connectivity index (χ4v) is 6.72. The zero-order valence-corrected chi connectivity index (χ0v) is 29.4. The van der Waals surface area contributed by atoms with E-state index in [4.69, 9.17) is 24.7 Å². The number of hydrogen-bond donors (Lipinski definition) is 4. The Kier molecular flexibility index (Phi) is 14.4. The molecule has 3 aromatic rings. The Morgan fingerprint density at radius 2 is 1.71 bits per heavy atom. The van der Waals surface area contributed by atoms with Crippen molar-refractivity contribution in [3.63, 3.8) is 0 Å². The maximum Gasteiger partial charge on any atom is 0.337 e. The number of amides is 2. The average Bonchev–Trinajstić information content (AvgIpc) is 3.14. The summed E-state index contributed by atoms with van der Waals surface area (Å²) >= 11 is 0. The highest BCUT2D eigenvalue weighted by atomic mass is 32.2. The fourth-order valence-electron chi connectivity index (χ4n) is 5.30. The molecule has 2 atom stereocenters. The summed E-state index contributed by atoms with van der Waals surface area (Å²) in [7, 11) is -1.19. The van der Waals surface area contributed by atoms with E-state index in [1.54, 1.807) is 54.6 Å². The number of methoxy groups -OCH3 is 2. The molecule has 0 aliphatic carbocycles. The lowest BCUT2D eigenvalue weighted by molar-refractivity contribution is -0.146. The van der Waals surface area contributed by atoms with Gasteiger partial charge < -0.3 is 40.4 Å². The normalized spacial score (nSPS) is 15.7. The first kappa shape index (κ1) is 38.8. The minimum Gasteiger partial charge on any atom is -0.497 e. The monoisotopic (exact) mass is 724 g/mol. The number of carbonyl (C=O) groups is 3. The molecule has 15 heteroatoms. The first-order valence-electron chi connectivity index (χ1n) is 16.4. The van der Waals surface area contributed by atoms with Crippen LogP contribution in [0.1, 0.15) is 47.5 Å². The number of ether oxygens (including phenoxy) is 4. The van der Waals surface area contributed by atoms with E-state index >= 15 is 0 Å². The maximum atomic E-state index is 13.3. The molecule has 1 aliphatic heterocycles. The van der Waals surface area contributed by atoms with Crippen molar-refractivity contribution >= 4 is 39.2 Å². The third-order valence-corrected chi connectivity index (χ3v) is 10.00. The number of aliphatic hydroxyl groups is 1. The maximum absolute atomic E-state index is 13.3. The second kappa shape index (κ2) is 18.9. The van der Waals surface area contributed by atoms with Gasteiger partial charge in [0.15, 0.2) is 5.76 Å². The van der Waals surface area contributed by atoms with Gasteiger partial charge >= 0.3 is 5.97 Å². The molecule has 1 aliphatic rings. The van der Waals surface area contributed by atoms with E-state index in [1.165, 1.54) is 38.5 Å². The summed E-state index contributed by atoms with van der Waals surface area (Å²) in [5.41, 5.74) is 8.06. The number of benzene rings is 3. The van der Waals surface area contributed by atoms with Crippen molar-refractivity contribution in [2.24, 2.45) is 0 Å². The number of unbranched alkanes of at least 4 members (excludes halogenated alkanes) is 1. The number of para-hydroxylation sites is 2. The third-order valence-electron chi connectivity index (χ3n) is 8.08. The number of hydrogen-bond acceptors (Lipinski definition) is 11. The number of sulfonamides is 1. The summed E-state index contributed by atoms with van der Waals surface area (Å²) in [6.07, 6.45) is 2.33. The Bertz CT molecular complexity index is 1770. The second-order valence-corrected chi connectivity index (χ2v) is 13.5. The largest absolute Gasteiger partial charge is 0.497 e. The molecule has 0 saturated carbocycles. The van der Waals surface area contributed by atoms with Crippen LogP contribution in [0.4, 0.5) is 11.4 Å². The minimum absolute atomic E-state index is 0.0173. The minimum atomic E-state index is -3.97. The van der Waals surface area contributed by atoms with E-state index in [2.05, 4.69) is 10.6 Å². The molecule has 0 aromatic heterocycles. The molecule has 274 valence electrons. The lowest BCUT2D eigenvalue weighted by atomic mass is 9.92. The van der Waals surface area contributed by atoms with E-state index < -0.39 is 34.8 Å². The zero-order chi connectivity index (χ0) is 36.8. The third kappa shape index (κ3) is 11.0. The summed E-state index contributed by atoms with van der Waals surface area (Å²) in [6, 6.07) is 19.6. The van der Waals surface area contributed by atoms with Crippen LogP contribution in [-0.4, -0.2) is 89.0 Å². The number of nitrogens with zero attached hydrogens (tertiary/aromatic N) is 1. The predicted molar refractivity (Wildman–Crippen MR) is 189 cm³/mol. The number of esters is 1. The summed E-state index contributed by atoms with van der Waals surface area (Å²) < 4.78 is 49.6. The molecular formula is C36H44N4O10S. The van der Waals surface area contributed by atoms with Crippen LogP contribution in [0.5, 0.6) is 5.75 Å². The summed E-state index contributed by atoms with van der Waals surface area (Å²) in [4.78, 5) is 37.6. The van der Waals surface area contributed by atoms with Gasteiger partial charge in [-0.15, -0.1) is 0 Å². The van der Waals surface area contributed by atoms with Gasteiger partial charge in [0.25, 0.3) is 5.91 Å². The smallest absolute Gasteiger partial charge is 0.337 e. The lowest BCUT2D eigenvalue weighted by Crippen LogP contribution is -2.38. The molecule has 2 amide bonds. The number of nitrogens with one attached hydrogen (secondary N) is 2. The van der Waals surface area contributed by atoms with Crippen LogP contribution in [0.25, 0.3) is 0 Å². The first-order chi connectivity index (χ1) is 24.5. The number of anilines is 2. The Labute approximate surface area is 297 Å². The van der Waals surface area contributed by atoms with Crippen molar-refractivity contribution in [3.05, 3.63) is 95.8 Å². The predicted octanol–water partition coefficient (Wildman–Crippen LogP) is 3.40.